The molecule has 0 saturated carbocycles. The number of carbonyl (C=O) groups is 1. The van der Waals surface area contributed by atoms with Gasteiger partial charge in [-0.3, -0.25) is 14.0 Å². The second-order valence-electron chi connectivity index (χ2n) is 4.72. The van der Waals surface area contributed by atoms with Gasteiger partial charge in [-0.25, -0.2) is 4.98 Å². The Morgan fingerprint density at radius 3 is 2.90 bits per heavy atom. The molecule has 0 radical (unpaired) electrons. The van der Waals surface area contributed by atoms with Gasteiger partial charge >= 0.3 is 0 Å². The summed E-state index contributed by atoms with van der Waals surface area (Å²) in [4.78, 5) is 32.2. The molecule has 0 aliphatic heterocycles. The lowest BCUT2D eigenvalue weighted by Crippen LogP contribution is -2.32. The highest BCUT2D eigenvalue weighted by atomic mass is 32.1. The van der Waals surface area contributed by atoms with Crippen molar-refractivity contribution in [2.24, 2.45) is 0 Å². The van der Waals surface area contributed by atoms with Crippen LogP contribution in [-0.2, 0) is 6.54 Å². The van der Waals surface area contributed by atoms with Crippen molar-refractivity contribution in [3.8, 4) is 0 Å². The smallest absolute Gasteiger partial charge is 0.271 e. The van der Waals surface area contributed by atoms with E-state index < -0.39 is 0 Å². The lowest BCUT2D eigenvalue weighted by Gasteiger charge is -2.16. The Morgan fingerprint density at radius 1 is 1.38 bits per heavy atom. The van der Waals surface area contributed by atoms with Crippen LogP contribution in [0.15, 0.2) is 34.0 Å². The van der Waals surface area contributed by atoms with Gasteiger partial charge in [-0.1, -0.05) is 0 Å². The maximum Gasteiger partial charge on any atom is 0.271 e. The average Bonchev–Trinajstić information content (AvgIpc) is 3.08. The molecule has 0 spiro atoms. The van der Waals surface area contributed by atoms with Crippen molar-refractivity contribution in [2.45, 2.75) is 13.5 Å². The third-order valence-corrected chi connectivity index (χ3v) is 5.05. The summed E-state index contributed by atoms with van der Waals surface area (Å²) >= 11 is 2.97. The highest BCUT2D eigenvalue weighted by molar-refractivity contribution is 7.15. The molecule has 0 aliphatic rings. The Labute approximate surface area is 129 Å². The van der Waals surface area contributed by atoms with E-state index in [1.54, 1.807) is 34.9 Å². The molecule has 0 aromatic carbocycles. The molecule has 3 rings (SSSR count). The number of aromatic nitrogens is 2. The molecule has 0 fully saturated rings. The quantitative estimate of drug-likeness (QED) is 0.745. The van der Waals surface area contributed by atoms with Crippen LogP contribution in [0.3, 0.4) is 0 Å². The normalized spacial score (nSPS) is 11.0. The van der Waals surface area contributed by atoms with Gasteiger partial charge in [0.15, 0.2) is 4.96 Å². The van der Waals surface area contributed by atoms with Crippen molar-refractivity contribution in [1.29, 1.82) is 0 Å². The zero-order valence-electron chi connectivity index (χ0n) is 11.6. The second-order valence-corrected chi connectivity index (χ2v) is 6.59. The molecule has 0 atom stereocenters. The van der Waals surface area contributed by atoms with Gasteiger partial charge in [0.25, 0.3) is 11.5 Å². The number of nitrogens with zero attached hydrogens (tertiary/aromatic N) is 3. The predicted molar refractivity (Wildman–Crippen MR) is 84.2 cm³/mol. The maximum absolute atomic E-state index is 12.4. The van der Waals surface area contributed by atoms with Gasteiger partial charge < -0.3 is 4.90 Å². The fraction of sp³-hybridized carbons (Fsp3) is 0.214. The van der Waals surface area contributed by atoms with E-state index in [2.05, 4.69) is 4.98 Å². The van der Waals surface area contributed by atoms with Gasteiger partial charge in [0, 0.05) is 29.7 Å². The number of rotatable bonds is 3. The van der Waals surface area contributed by atoms with E-state index in [1.807, 2.05) is 18.4 Å². The van der Waals surface area contributed by atoms with Crippen LogP contribution in [0.4, 0.5) is 0 Å². The number of fused-ring (bicyclic) bond motifs is 1. The Balaban J connectivity index is 1.91. The van der Waals surface area contributed by atoms with Crippen molar-refractivity contribution >= 4 is 33.5 Å². The largest absolute Gasteiger partial charge is 0.336 e. The molecule has 1 amide bonds. The van der Waals surface area contributed by atoms with Crippen LogP contribution in [0.2, 0.25) is 0 Å². The number of hydrogen-bond donors (Lipinski definition) is 0. The lowest BCUT2D eigenvalue weighted by molar-refractivity contribution is 0.0784. The summed E-state index contributed by atoms with van der Waals surface area (Å²) in [5.74, 6) is -0.305. The molecule has 21 heavy (non-hydrogen) atoms. The zero-order chi connectivity index (χ0) is 15.0. The molecule has 0 saturated heterocycles. The van der Waals surface area contributed by atoms with Crippen molar-refractivity contribution in [1.82, 2.24) is 14.3 Å². The molecule has 3 heterocycles. The fourth-order valence-electron chi connectivity index (χ4n) is 2.03. The first-order valence-corrected chi connectivity index (χ1v) is 8.07. The molecule has 3 aromatic heterocycles. The van der Waals surface area contributed by atoms with Gasteiger partial charge in [-0.15, -0.1) is 22.7 Å². The molecule has 0 unspecified atom stereocenters. The molecule has 0 bridgehead atoms. The van der Waals surface area contributed by atoms with Gasteiger partial charge in [0.2, 0.25) is 0 Å². The highest BCUT2D eigenvalue weighted by Gasteiger charge is 2.18. The summed E-state index contributed by atoms with van der Waals surface area (Å²) in [6, 6.07) is 2.02. The first kappa shape index (κ1) is 14.0. The molecule has 7 heteroatoms. The van der Waals surface area contributed by atoms with Gasteiger partial charge in [-0.2, -0.15) is 0 Å². The van der Waals surface area contributed by atoms with Crippen LogP contribution in [-0.4, -0.2) is 27.2 Å². The number of aryl methyl sites for hydroxylation is 1. The topological polar surface area (TPSA) is 54.7 Å². The molecule has 0 N–H and O–H groups in total. The average molecular weight is 319 g/mol. The van der Waals surface area contributed by atoms with E-state index in [0.29, 0.717) is 11.5 Å². The van der Waals surface area contributed by atoms with Crippen LogP contribution in [0, 0.1) is 6.92 Å². The highest BCUT2D eigenvalue weighted by Crippen LogP contribution is 2.18. The number of carbonyl (C=O) groups excluding carboxylic acids is 1. The molecular formula is C14H13N3O2S2. The number of amides is 1. The minimum atomic E-state index is -0.319. The molecule has 3 aromatic rings. The first-order valence-electron chi connectivity index (χ1n) is 6.31. The number of hydrogen-bond acceptors (Lipinski definition) is 5. The third-order valence-electron chi connectivity index (χ3n) is 3.27. The fourth-order valence-corrected chi connectivity index (χ4v) is 3.66. The Morgan fingerprint density at radius 2 is 2.19 bits per heavy atom. The summed E-state index contributed by atoms with van der Waals surface area (Å²) in [7, 11) is 1.70. The van der Waals surface area contributed by atoms with E-state index in [9.17, 15) is 9.59 Å². The Hall–Kier alpha value is -1.99. The summed E-state index contributed by atoms with van der Waals surface area (Å²) in [5.41, 5.74) is 0.936. The SMILES string of the molecule is Cc1ccsc1CN(C)C(=O)c1cnc2sccn2c1=O. The maximum atomic E-state index is 12.4. The van der Waals surface area contributed by atoms with Crippen molar-refractivity contribution in [3.05, 3.63) is 55.6 Å². The molecule has 108 valence electrons. The van der Waals surface area contributed by atoms with E-state index in [4.69, 9.17) is 0 Å². The van der Waals surface area contributed by atoms with Crippen LogP contribution < -0.4 is 5.56 Å². The van der Waals surface area contributed by atoms with Crippen LogP contribution in [0.1, 0.15) is 20.8 Å². The number of thiophene rings is 1. The van der Waals surface area contributed by atoms with Gasteiger partial charge in [0.05, 0.1) is 6.54 Å². The standard InChI is InChI=1S/C14H13N3O2S2/c1-9-3-5-20-11(9)8-16(2)12(18)10-7-15-14-17(13(10)19)4-6-21-14/h3-7H,8H2,1-2H3. The predicted octanol–water partition coefficient (Wildman–Crippen LogP) is 2.40. The Bertz CT molecular complexity index is 862. The monoisotopic (exact) mass is 319 g/mol. The van der Waals surface area contributed by atoms with Crippen molar-refractivity contribution in [2.75, 3.05) is 7.05 Å². The van der Waals surface area contributed by atoms with E-state index in [1.165, 1.54) is 21.9 Å². The molecule has 5 nitrogen and oxygen atoms in total. The molecule has 0 aliphatic carbocycles. The van der Waals surface area contributed by atoms with Gasteiger partial charge in [-0.05, 0) is 23.9 Å². The minimum Gasteiger partial charge on any atom is -0.336 e. The summed E-state index contributed by atoms with van der Waals surface area (Å²) in [5, 5.41) is 3.77. The van der Waals surface area contributed by atoms with E-state index in [-0.39, 0.29) is 17.0 Å². The lowest BCUT2D eigenvalue weighted by atomic mass is 10.2. The van der Waals surface area contributed by atoms with Gasteiger partial charge in [0.1, 0.15) is 5.56 Å². The van der Waals surface area contributed by atoms with Crippen LogP contribution in [0.25, 0.3) is 4.96 Å². The summed E-state index contributed by atoms with van der Waals surface area (Å²) in [6.45, 7) is 2.51. The van der Waals surface area contributed by atoms with Crippen LogP contribution >= 0.6 is 22.7 Å². The first-order chi connectivity index (χ1) is 10.1. The third kappa shape index (κ3) is 2.50. The zero-order valence-corrected chi connectivity index (χ0v) is 13.2. The molecular weight excluding hydrogens is 306 g/mol. The van der Waals surface area contributed by atoms with E-state index in [0.717, 1.165) is 10.4 Å². The Kier molecular flexibility index (Phi) is 3.60. The number of thiazole rings is 1. The summed E-state index contributed by atoms with van der Waals surface area (Å²) < 4.78 is 1.40. The van der Waals surface area contributed by atoms with Crippen molar-refractivity contribution in [3.63, 3.8) is 0 Å². The summed E-state index contributed by atoms with van der Waals surface area (Å²) in [6.07, 6.45) is 3.00. The van der Waals surface area contributed by atoms with E-state index >= 15 is 0 Å². The minimum absolute atomic E-state index is 0.0996. The van der Waals surface area contributed by atoms with Crippen molar-refractivity contribution < 1.29 is 4.79 Å². The second kappa shape index (κ2) is 5.42. The van der Waals surface area contributed by atoms with Crippen LogP contribution in [0.5, 0.6) is 0 Å².